The fourth-order valence-electron chi connectivity index (χ4n) is 2.34. The quantitative estimate of drug-likeness (QED) is 0.781. The van der Waals surface area contributed by atoms with Crippen LogP contribution in [0.25, 0.3) is 0 Å². The van der Waals surface area contributed by atoms with Crippen molar-refractivity contribution < 1.29 is 9.53 Å². The van der Waals surface area contributed by atoms with Crippen LogP contribution in [-0.2, 0) is 9.53 Å². The van der Waals surface area contributed by atoms with Crippen LogP contribution in [0, 0.1) is 0 Å². The van der Waals surface area contributed by atoms with E-state index in [2.05, 4.69) is 12.2 Å². The van der Waals surface area contributed by atoms with E-state index in [1.165, 1.54) is 0 Å². The van der Waals surface area contributed by atoms with Crippen molar-refractivity contribution in [3.8, 4) is 0 Å². The van der Waals surface area contributed by atoms with Crippen LogP contribution in [0.1, 0.15) is 52.9 Å². The highest BCUT2D eigenvalue weighted by molar-refractivity contribution is 5.86. The molecular formula is C13H27ClN2O2. The molecule has 1 rings (SSSR count). The lowest BCUT2D eigenvalue weighted by Crippen LogP contribution is -2.56. The van der Waals surface area contributed by atoms with Gasteiger partial charge in [0, 0.05) is 6.61 Å². The van der Waals surface area contributed by atoms with Crippen LogP contribution >= 0.6 is 12.4 Å². The van der Waals surface area contributed by atoms with Gasteiger partial charge in [-0.3, -0.25) is 4.79 Å². The van der Waals surface area contributed by atoms with E-state index in [0.717, 1.165) is 32.3 Å². The molecule has 108 valence electrons. The van der Waals surface area contributed by atoms with Crippen molar-refractivity contribution in [3.05, 3.63) is 0 Å². The van der Waals surface area contributed by atoms with E-state index in [0.29, 0.717) is 6.42 Å². The highest BCUT2D eigenvalue weighted by Crippen LogP contribution is 2.18. The van der Waals surface area contributed by atoms with Gasteiger partial charge in [0.25, 0.3) is 0 Å². The van der Waals surface area contributed by atoms with Gasteiger partial charge in [0.2, 0.25) is 5.91 Å². The number of rotatable bonds is 6. The summed E-state index contributed by atoms with van der Waals surface area (Å²) in [5.41, 5.74) is 5.26. The predicted octanol–water partition coefficient (Wildman–Crippen LogP) is 2.00. The van der Waals surface area contributed by atoms with Crippen molar-refractivity contribution in [2.24, 2.45) is 5.73 Å². The van der Waals surface area contributed by atoms with Crippen molar-refractivity contribution in [2.75, 3.05) is 6.61 Å². The molecule has 1 aliphatic heterocycles. The summed E-state index contributed by atoms with van der Waals surface area (Å²) in [4.78, 5) is 12.1. The molecule has 0 spiro atoms. The van der Waals surface area contributed by atoms with Gasteiger partial charge in [-0.05, 0) is 32.6 Å². The molecule has 0 aromatic rings. The molecule has 3 unspecified atom stereocenters. The molecule has 0 radical (unpaired) electrons. The molecule has 0 bridgehead atoms. The number of carbonyl (C=O) groups is 1. The van der Waals surface area contributed by atoms with Crippen molar-refractivity contribution in [2.45, 2.75) is 70.6 Å². The predicted molar refractivity (Wildman–Crippen MR) is 75.9 cm³/mol. The Hall–Kier alpha value is -0.320. The zero-order chi connectivity index (χ0) is 12.9. The third-order valence-electron chi connectivity index (χ3n) is 3.46. The second-order valence-electron chi connectivity index (χ2n) is 5.21. The summed E-state index contributed by atoms with van der Waals surface area (Å²) >= 11 is 0. The molecule has 4 nitrogen and oxygen atoms in total. The Morgan fingerprint density at radius 2 is 2.22 bits per heavy atom. The molecule has 1 heterocycles. The van der Waals surface area contributed by atoms with E-state index in [4.69, 9.17) is 10.5 Å². The number of amides is 1. The summed E-state index contributed by atoms with van der Waals surface area (Å²) in [6.07, 6.45) is 4.80. The Morgan fingerprint density at radius 1 is 1.56 bits per heavy atom. The molecule has 1 amide bonds. The van der Waals surface area contributed by atoms with E-state index < -0.39 is 5.54 Å². The number of nitrogens with two attached hydrogens (primary N) is 1. The third-order valence-corrected chi connectivity index (χ3v) is 3.46. The van der Waals surface area contributed by atoms with Gasteiger partial charge in [0.1, 0.15) is 0 Å². The fraction of sp³-hybridized carbons (Fsp3) is 0.923. The van der Waals surface area contributed by atoms with Crippen LogP contribution in [0.3, 0.4) is 0 Å². The minimum absolute atomic E-state index is 0. The van der Waals surface area contributed by atoms with Gasteiger partial charge < -0.3 is 15.8 Å². The molecule has 1 aliphatic rings. The molecule has 1 saturated heterocycles. The average Bonchev–Trinajstić information content (AvgIpc) is 2.78. The number of nitrogens with one attached hydrogen (secondary N) is 1. The molecule has 18 heavy (non-hydrogen) atoms. The maximum absolute atomic E-state index is 12.1. The lowest BCUT2D eigenvalue weighted by Gasteiger charge is -2.29. The Morgan fingerprint density at radius 3 is 2.67 bits per heavy atom. The van der Waals surface area contributed by atoms with Gasteiger partial charge >= 0.3 is 0 Å². The second kappa shape index (κ2) is 7.97. The smallest absolute Gasteiger partial charge is 0.240 e. The van der Waals surface area contributed by atoms with E-state index in [1.54, 1.807) is 6.92 Å². The summed E-state index contributed by atoms with van der Waals surface area (Å²) in [5, 5.41) is 3.04. The molecule has 5 heteroatoms. The van der Waals surface area contributed by atoms with Crippen LogP contribution < -0.4 is 11.1 Å². The van der Waals surface area contributed by atoms with Crippen molar-refractivity contribution >= 4 is 18.3 Å². The summed E-state index contributed by atoms with van der Waals surface area (Å²) in [7, 11) is 0. The number of hydrogen-bond donors (Lipinski definition) is 2. The summed E-state index contributed by atoms with van der Waals surface area (Å²) in [6.45, 7) is 6.72. The first-order valence-corrected chi connectivity index (χ1v) is 6.72. The van der Waals surface area contributed by atoms with Crippen LogP contribution in [0.5, 0.6) is 0 Å². The molecular weight excluding hydrogens is 252 g/mol. The normalized spacial score (nSPS) is 23.9. The van der Waals surface area contributed by atoms with Crippen LogP contribution in [0.4, 0.5) is 0 Å². The lowest BCUT2D eigenvalue weighted by atomic mass is 9.95. The standard InChI is InChI=1S/C13H26N2O2.ClH/c1-4-8-13(3,14)12(16)15-10(5-2)11-7-6-9-17-11;/h10-11H,4-9,14H2,1-3H3,(H,15,16);1H. The van der Waals surface area contributed by atoms with Crippen LogP contribution in [0.2, 0.25) is 0 Å². The first-order valence-electron chi connectivity index (χ1n) is 6.72. The minimum atomic E-state index is -0.763. The molecule has 3 atom stereocenters. The Bertz CT molecular complexity index is 253. The Balaban J connectivity index is 0.00000289. The van der Waals surface area contributed by atoms with Gasteiger partial charge in [0.05, 0.1) is 17.7 Å². The first kappa shape index (κ1) is 17.7. The number of ether oxygens (including phenoxy) is 1. The number of halogens is 1. The SMILES string of the molecule is CCCC(C)(N)C(=O)NC(CC)C1CCCO1.Cl. The topological polar surface area (TPSA) is 64.4 Å². The van der Waals surface area contributed by atoms with Crippen molar-refractivity contribution in [1.29, 1.82) is 0 Å². The van der Waals surface area contributed by atoms with E-state index in [1.807, 2.05) is 6.92 Å². The summed E-state index contributed by atoms with van der Waals surface area (Å²) in [6, 6.07) is 0.102. The highest BCUT2D eigenvalue weighted by Gasteiger charge is 2.32. The summed E-state index contributed by atoms with van der Waals surface area (Å²) < 4.78 is 5.62. The largest absolute Gasteiger partial charge is 0.376 e. The molecule has 3 N–H and O–H groups in total. The maximum atomic E-state index is 12.1. The lowest BCUT2D eigenvalue weighted by molar-refractivity contribution is -0.127. The van der Waals surface area contributed by atoms with E-state index in [9.17, 15) is 4.79 Å². The summed E-state index contributed by atoms with van der Waals surface area (Å²) in [5.74, 6) is -0.0540. The number of carbonyl (C=O) groups excluding carboxylic acids is 1. The van der Waals surface area contributed by atoms with E-state index >= 15 is 0 Å². The van der Waals surface area contributed by atoms with Gasteiger partial charge in [-0.25, -0.2) is 0 Å². The monoisotopic (exact) mass is 278 g/mol. The van der Waals surface area contributed by atoms with Crippen LogP contribution in [-0.4, -0.2) is 30.2 Å². The molecule has 1 fully saturated rings. The Kier molecular flexibility index (Phi) is 7.83. The second-order valence-corrected chi connectivity index (χ2v) is 5.21. The fourth-order valence-corrected chi connectivity index (χ4v) is 2.34. The van der Waals surface area contributed by atoms with E-state index in [-0.39, 0.29) is 30.5 Å². The van der Waals surface area contributed by atoms with Gasteiger partial charge in [-0.15, -0.1) is 12.4 Å². The average molecular weight is 279 g/mol. The van der Waals surface area contributed by atoms with Crippen molar-refractivity contribution in [1.82, 2.24) is 5.32 Å². The third kappa shape index (κ3) is 4.75. The van der Waals surface area contributed by atoms with Gasteiger partial charge in [-0.2, -0.15) is 0 Å². The molecule has 0 aromatic heterocycles. The first-order chi connectivity index (χ1) is 8.01. The molecule has 0 saturated carbocycles. The van der Waals surface area contributed by atoms with Gasteiger partial charge in [-0.1, -0.05) is 20.3 Å². The minimum Gasteiger partial charge on any atom is -0.376 e. The molecule has 0 aliphatic carbocycles. The molecule has 0 aromatic carbocycles. The zero-order valence-corrected chi connectivity index (χ0v) is 12.5. The maximum Gasteiger partial charge on any atom is 0.240 e. The van der Waals surface area contributed by atoms with Crippen molar-refractivity contribution in [3.63, 3.8) is 0 Å². The highest BCUT2D eigenvalue weighted by atomic mass is 35.5. The van der Waals surface area contributed by atoms with Crippen LogP contribution in [0.15, 0.2) is 0 Å². The zero-order valence-electron chi connectivity index (χ0n) is 11.7. The number of hydrogen-bond acceptors (Lipinski definition) is 3. The Labute approximate surface area is 116 Å². The van der Waals surface area contributed by atoms with Gasteiger partial charge in [0.15, 0.2) is 0 Å².